The molecule has 6 nitrogen and oxygen atoms in total. The van der Waals surface area contributed by atoms with Crippen molar-refractivity contribution < 1.29 is 9.53 Å². The first kappa shape index (κ1) is 19.2. The van der Waals surface area contributed by atoms with E-state index in [0.29, 0.717) is 11.5 Å². The van der Waals surface area contributed by atoms with E-state index in [1.807, 2.05) is 30.0 Å². The van der Waals surface area contributed by atoms with Gasteiger partial charge in [0.2, 0.25) is 0 Å². The Morgan fingerprint density at radius 1 is 1.17 bits per heavy atom. The van der Waals surface area contributed by atoms with Crippen molar-refractivity contribution in [2.45, 2.75) is 32.1 Å². The summed E-state index contributed by atoms with van der Waals surface area (Å²) in [6.45, 7) is 3.36. The Hall–Kier alpha value is -3.15. The molecule has 2 aromatic heterocycles. The van der Waals surface area contributed by atoms with Crippen LogP contribution in [0, 0.1) is 6.92 Å². The number of piperidine rings is 1. The third-order valence-corrected chi connectivity index (χ3v) is 5.65. The number of likely N-dealkylation sites (tertiary alicyclic amines) is 1. The van der Waals surface area contributed by atoms with Crippen LogP contribution in [0.2, 0.25) is 0 Å². The van der Waals surface area contributed by atoms with Gasteiger partial charge in [-0.3, -0.25) is 14.9 Å². The molecule has 1 aliphatic rings. The topological polar surface area (TPSA) is 71.1 Å². The highest BCUT2D eigenvalue weighted by molar-refractivity contribution is 5.95. The molecule has 0 radical (unpaired) electrons. The van der Waals surface area contributed by atoms with Crippen molar-refractivity contribution in [2.24, 2.45) is 0 Å². The largest absolute Gasteiger partial charge is 0.496 e. The van der Waals surface area contributed by atoms with Crippen LogP contribution >= 0.6 is 0 Å². The number of carbonyl (C=O) groups is 1. The molecule has 0 spiro atoms. The lowest BCUT2D eigenvalue weighted by Crippen LogP contribution is -2.38. The highest BCUT2D eigenvalue weighted by Gasteiger charge is 2.26. The zero-order valence-corrected chi connectivity index (χ0v) is 16.9. The van der Waals surface area contributed by atoms with Gasteiger partial charge in [0.15, 0.2) is 0 Å². The number of para-hydroxylation sites is 1. The van der Waals surface area contributed by atoms with Crippen molar-refractivity contribution in [3.8, 4) is 5.75 Å². The van der Waals surface area contributed by atoms with E-state index in [4.69, 9.17) is 9.72 Å². The number of amides is 1. The second kappa shape index (κ2) is 8.47. The van der Waals surface area contributed by atoms with Gasteiger partial charge >= 0.3 is 0 Å². The molecule has 6 heteroatoms. The highest BCUT2D eigenvalue weighted by atomic mass is 16.5. The average molecular weight is 390 g/mol. The first-order chi connectivity index (χ1) is 14.2. The van der Waals surface area contributed by atoms with Crippen LogP contribution in [0.3, 0.4) is 0 Å². The van der Waals surface area contributed by atoms with Gasteiger partial charge < -0.3 is 9.64 Å². The maximum Gasteiger partial charge on any atom is 0.257 e. The van der Waals surface area contributed by atoms with Gasteiger partial charge in [-0.05, 0) is 38.0 Å². The van der Waals surface area contributed by atoms with E-state index in [9.17, 15) is 4.79 Å². The van der Waals surface area contributed by atoms with Gasteiger partial charge in [-0.15, -0.1) is 0 Å². The number of aromatic amines is 1. The molecule has 0 atom stereocenters. The first-order valence-electron chi connectivity index (χ1n) is 10.0. The van der Waals surface area contributed by atoms with Crippen molar-refractivity contribution in [1.29, 1.82) is 0 Å². The van der Waals surface area contributed by atoms with Gasteiger partial charge in [0.05, 0.1) is 18.9 Å². The molecule has 0 saturated carbocycles. The summed E-state index contributed by atoms with van der Waals surface area (Å²) in [5, 5.41) is 6.81. The van der Waals surface area contributed by atoms with Gasteiger partial charge in [0.25, 0.3) is 5.91 Å². The molecular formula is C23H26N4O2. The molecule has 0 unspecified atom stereocenters. The molecule has 4 rings (SSSR count). The van der Waals surface area contributed by atoms with E-state index in [0.717, 1.165) is 60.7 Å². The van der Waals surface area contributed by atoms with Crippen molar-refractivity contribution >= 4 is 5.91 Å². The zero-order chi connectivity index (χ0) is 20.2. The summed E-state index contributed by atoms with van der Waals surface area (Å²) in [6, 6.07) is 14.3. The average Bonchev–Trinajstić information content (AvgIpc) is 3.20. The Kier molecular flexibility index (Phi) is 5.60. The van der Waals surface area contributed by atoms with E-state index in [-0.39, 0.29) is 5.91 Å². The maximum absolute atomic E-state index is 12.7. The normalized spacial score (nSPS) is 14.8. The fourth-order valence-corrected chi connectivity index (χ4v) is 3.98. The monoisotopic (exact) mass is 390 g/mol. The number of ether oxygens (including phenoxy) is 1. The number of benzene rings is 1. The standard InChI is InChI=1S/C23H26N4O2/c1-16-20(15-24-26-16)23(28)27-12-10-17(11-13-27)21-8-5-7-19(25-21)14-18-6-3-4-9-22(18)29-2/h3-9,15,17H,10-14H2,1-2H3,(H,24,26). The predicted molar refractivity (Wildman–Crippen MR) is 111 cm³/mol. The summed E-state index contributed by atoms with van der Waals surface area (Å²) in [5.41, 5.74) is 4.78. The number of nitrogens with one attached hydrogen (secondary N) is 1. The van der Waals surface area contributed by atoms with E-state index in [1.54, 1.807) is 13.3 Å². The van der Waals surface area contributed by atoms with Gasteiger partial charge in [0, 0.05) is 48.1 Å². The minimum atomic E-state index is 0.0626. The number of H-pyrrole nitrogens is 1. The summed E-state index contributed by atoms with van der Waals surface area (Å²) in [7, 11) is 1.70. The quantitative estimate of drug-likeness (QED) is 0.721. The highest BCUT2D eigenvalue weighted by Crippen LogP contribution is 2.28. The van der Waals surface area contributed by atoms with Gasteiger partial charge in [-0.1, -0.05) is 24.3 Å². The Bertz CT molecular complexity index is 990. The fourth-order valence-electron chi connectivity index (χ4n) is 3.98. The summed E-state index contributed by atoms with van der Waals surface area (Å²) in [5.74, 6) is 1.33. The molecular weight excluding hydrogens is 364 g/mol. The molecule has 1 fully saturated rings. The van der Waals surface area contributed by atoms with E-state index >= 15 is 0 Å². The second-order valence-electron chi connectivity index (χ2n) is 7.52. The minimum absolute atomic E-state index is 0.0626. The van der Waals surface area contributed by atoms with Gasteiger partial charge in [-0.25, -0.2) is 0 Å². The lowest BCUT2D eigenvalue weighted by Gasteiger charge is -2.31. The van der Waals surface area contributed by atoms with Crippen LogP contribution in [0.5, 0.6) is 5.75 Å². The summed E-state index contributed by atoms with van der Waals surface area (Å²) < 4.78 is 5.47. The van der Waals surface area contributed by atoms with Crippen molar-refractivity contribution in [1.82, 2.24) is 20.1 Å². The molecule has 29 heavy (non-hydrogen) atoms. The molecule has 150 valence electrons. The number of nitrogens with zero attached hydrogens (tertiary/aromatic N) is 3. The number of hydrogen-bond donors (Lipinski definition) is 1. The third-order valence-electron chi connectivity index (χ3n) is 5.65. The fraction of sp³-hybridized carbons (Fsp3) is 0.348. The number of aromatic nitrogens is 3. The van der Waals surface area contributed by atoms with Gasteiger partial charge in [0.1, 0.15) is 5.75 Å². The minimum Gasteiger partial charge on any atom is -0.496 e. The number of aryl methyl sites for hydroxylation is 1. The molecule has 0 bridgehead atoms. The lowest BCUT2D eigenvalue weighted by atomic mass is 9.92. The molecule has 3 aromatic rings. The summed E-state index contributed by atoms with van der Waals surface area (Å²) in [6.07, 6.45) is 4.21. The lowest BCUT2D eigenvalue weighted by molar-refractivity contribution is 0.0711. The van der Waals surface area contributed by atoms with Crippen LogP contribution in [0.1, 0.15) is 51.8 Å². The van der Waals surface area contributed by atoms with E-state index in [1.165, 1.54) is 0 Å². The number of hydrogen-bond acceptors (Lipinski definition) is 4. The Balaban J connectivity index is 1.42. The van der Waals surface area contributed by atoms with Crippen LogP contribution in [0.25, 0.3) is 0 Å². The van der Waals surface area contributed by atoms with Crippen LogP contribution in [-0.4, -0.2) is 46.2 Å². The Morgan fingerprint density at radius 2 is 1.97 bits per heavy atom. The molecule has 1 N–H and O–H groups in total. The summed E-state index contributed by atoms with van der Waals surface area (Å²) >= 11 is 0. The number of rotatable bonds is 5. The van der Waals surface area contributed by atoms with Crippen LogP contribution in [0.15, 0.2) is 48.7 Å². The molecule has 0 aliphatic carbocycles. The first-order valence-corrected chi connectivity index (χ1v) is 10.0. The third kappa shape index (κ3) is 4.16. The Morgan fingerprint density at radius 3 is 2.69 bits per heavy atom. The molecule has 1 saturated heterocycles. The van der Waals surface area contributed by atoms with Crippen LogP contribution < -0.4 is 4.74 Å². The van der Waals surface area contributed by atoms with Crippen molar-refractivity contribution in [3.05, 3.63) is 76.9 Å². The molecule has 1 aromatic carbocycles. The zero-order valence-electron chi connectivity index (χ0n) is 16.9. The SMILES string of the molecule is COc1ccccc1Cc1cccc(C2CCN(C(=O)c3cn[nH]c3C)CC2)n1. The maximum atomic E-state index is 12.7. The summed E-state index contributed by atoms with van der Waals surface area (Å²) in [4.78, 5) is 19.5. The molecule has 1 amide bonds. The van der Waals surface area contributed by atoms with Crippen molar-refractivity contribution in [3.63, 3.8) is 0 Å². The van der Waals surface area contributed by atoms with E-state index < -0.39 is 0 Å². The smallest absolute Gasteiger partial charge is 0.257 e. The van der Waals surface area contributed by atoms with E-state index in [2.05, 4.69) is 34.5 Å². The van der Waals surface area contributed by atoms with Crippen LogP contribution in [0.4, 0.5) is 0 Å². The second-order valence-corrected chi connectivity index (χ2v) is 7.52. The van der Waals surface area contributed by atoms with Gasteiger partial charge in [-0.2, -0.15) is 5.10 Å². The predicted octanol–water partition coefficient (Wildman–Crippen LogP) is 3.73. The number of methoxy groups -OCH3 is 1. The number of carbonyl (C=O) groups excluding carboxylic acids is 1. The molecule has 1 aliphatic heterocycles. The Labute approximate surface area is 170 Å². The van der Waals surface area contributed by atoms with Crippen LogP contribution in [-0.2, 0) is 6.42 Å². The van der Waals surface area contributed by atoms with Crippen molar-refractivity contribution in [2.75, 3.05) is 20.2 Å². The molecule has 3 heterocycles. The number of pyridine rings is 1.